The number of aliphatic hydroxyl groups is 1. The van der Waals surface area contributed by atoms with Crippen LogP contribution in [-0.2, 0) is 27.5 Å². The maximum Gasteiger partial charge on any atom is 0.254 e. The number of hydrogen-bond acceptors (Lipinski definition) is 9. The molecule has 14 nitrogen and oxygen atoms in total. The van der Waals surface area contributed by atoms with Gasteiger partial charge in [-0.2, -0.15) is 5.10 Å². The van der Waals surface area contributed by atoms with Gasteiger partial charge in [-0.05, 0) is 72.7 Å². The third-order valence-electron chi connectivity index (χ3n) is 14.1. The van der Waals surface area contributed by atoms with Crippen molar-refractivity contribution in [3.63, 3.8) is 0 Å². The van der Waals surface area contributed by atoms with Gasteiger partial charge in [-0.3, -0.25) is 23.9 Å². The van der Waals surface area contributed by atoms with Crippen molar-refractivity contribution in [2.45, 2.75) is 131 Å². The lowest BCUT2D eigenvalue weighted by atomic mass is 9.49. The van der Waals surface area contributed by atoms with Crippen LogP contribution in [0.1, 0.15) is 119 Å². The second-order valence-electron chi connectivity index (χ2n) is 21.3. The molecule has 4 atom stereocenters. The highest BCUT2D eigenvalue weighted by atomic mass is 35.5. The van der Waals surface area contributed by atoms with E-state index in [2.05, 4.69) is 65.1 Å². The van der Waals surface area contributed by atoms with E-state index in [4.69, 9.17) is 22.9 Å². The molecule has 4 heterocycles. The minimum atomic E-state index is -0.936. The van der Waals surface area contributed by atoms with E-state index in [1.165, 1.54) is 4.90 Å². The first kappa shape index (κ1) is 50.9. The highest BCUT2D eigenvalue weighted by Crippen LogP contribution is 2.59. The van der Waals surface area contributed by atoms with Gasteiger partial charge in [0.15, 0.2) is 0 Å². The number of aryl methyl sites for hydroxylation is 2. The predicted molar refractivity (Wildman–Crippen MR) is 274 cm³/mol. The zero-order valence-electron chi connectivity index (χ0n) is 41.7. The molecule has 3 aliphatic rings. The molecule has 2 aliphatic heterocycles. The number of ether oxygens (including phenoxy) is 1. The number of rotatable bonds is 13. The Morgan fingerprint density at radius 3 is 2.41 bits per heavy atom. The molecule has 8 rings (SSSR count). The molecule has 1 saturated heterocycles. The van der Waals surface area contributed by atoms with E-state index < -0.39 is 29.5 Å². The Morgan fingerprint density at radius 1 is 1.03 bits per heavy atom. The molecular formula is C55H61ClN8O6S. The van der Waals surface area contributed by atoms with Crippen molar-refractivity contribution >= 4 is 52.3 Å². The van der Waals surface area contributed by atoms with Crippen LogP contribution in [0.4, 0.5) is 5.69 Å². The first-order valence-corrected chi connectivity index (χ1v) is 25.2. The summed E-state index contributed by atoms with van der Waals surface area (Å²) in [6, 6.07) is 16.4. The number of hydrogen-bond donors (Lipinski definition) is 3. The highest BCUT2D eigenvalue weighted by molar-refractivity contribution is 7.13. The first-order valence-electron chi connectivity index (χ1n) is 24.0. The summed E-state index contributed by atoms with van der Waals surface area (Å²) >= 11 is 7.88. The fourth-order valence-corrected chi connectivity index (χ4v) is 12.0. The maximum atomic E-state index is 14.2. The van der Waals surface area contributed by atoms with Gasteiger partial charge in [-0.15, -0.1) is 11.3 Å². The Kier molecular flexibility index (Phi) is 14.3. The van der Waals surface area contributed by atoms with Crippen LogP contribution in [-0.4, -0.2) is 90.2 Å². The van der Waals surface area contributed by atoms with Gasteiger partial charge in [0, 0.05) is 66.7 Å². The van der Waals surface area contributed by atoms with Gasteiger partial charge in [0.05, 0.1) is 51.6 Å². The minimum Gasteiger partial charge on any atom is -0.489 e. The number of aliphatic hydroxyl groups excluding tert-OH is 1. The second kappa shape index (κ2) is 19.9. The summed E-state index contributed by atoms with van der Waals surface area (Å²) in [6.07, 6.45) is 3.08. The molecule has 1 saturated carbocycles. The van der Waals surface area contributed by atoms with Crippen LogP contribution in [0.2, 0.25) is 5.02 Å². The van der Waals surface area contributed by atoms with E-state index in [1.807, 2.05) is 93.7 Å². The second-order valence-corrected chi connectivity index (χ2v) is 22.6. The smallest absolute Gasteiger partial charge is 0.254 e. The van der Waals surface area contributed by atoms with E-state index in [1.54, 1.807) is 40.4 Å². The zero-order valence-corrected chi connectivity index (χ0v) is 43.2. The van der Waals surface area contributed by atoms with Crippen molar-refractivity contribution in [3.8, 4) is 28.0 Å². The SMILES string of the molecule is [C-]#[N+]c1ccc(OC2C(C)(C)C(N3Cc4cc(C#Cc5cnn(CCCC(=O)N[C@H](C(=O)N6C[C@H](O)C[C@H]6C(=O)N[C@@H](C)c6ccc(-c7scnc7C)cc6)C(C)(C)C)c5)ccc4C3=O)C2(C)C)cc1Cl. The third-order valence-corrected chi connectivity index (χ3v) is 15.4. The number of nitrogens with zero attached hydrogens (tertiary/aromatic N) is 6. The first-order chi connectivity index (χ1) is 33.6. The number of fused-ring (bicyclic) bond motifs is 1. The number of nitrogens with one attached hydrogen (secondary N) is 2. The van der Waals surface area contributed by atoms with Gasteiger partial charge in [0.25, 0.3) is 5.91 Å². The van der Waals surface area contributed by atoms with Gasteiger partial charge in [-0.1, -0.05) is 102 Å². The third kappa shape index (κ3) is 10.5. The molecule has 3 aromatic carbocycles. The van der Waals surface area contributed by atoms with Crippen molar-refractivity contribution in [2.75, 3.05) is 6.54 Å². The lowest BCUT2D eigenvalue weighted by Crippen LogP contribution is -2.74. The summed E-state index contributed by atoms with van der Waals surface area (Å²) in [7, 11) is 0. The number of carbonyl (C=O) groups excluding carboxylic acids is 4. The molecule has 5 aromatic rings. The molecule has 4 amide bonds. The molecule has 0 bridgehead atoms. The Hall–Kier alpha value is -6.52. The lowest BCUT2D eigenvalue weighted by molar-refractivity contribution is -0.199. The number of likely N-dealkylation sites (tertiary alicyclic amines) is 1. The van der Waals surface area contributed by atoms with Crippen molar-refractivity contribution in [2.24, 2.45) is 16.2 Å². The predicted octanol–water partition coefficient (Wildman–Crippen LogP) is 8.91. The van der Waals surface area contributed by atoms with Crippen LogP contribution < -0.4 is 15.4 Å². The number of amides is 4. The molecule has 3 N–H and O–H groups in total. The molecule has 2 fully saturated rings. The number of aromatic nitrogens is 3. The lowest BCUT2D eigenvalue weighted by Gasteiger charge is -2.65. The Labute approximate surface area is 425 Å². The van der Waals surface area contributed by atoms with Crippen LogP contribution in [0.3, 0.4) is 0 Å². The van der Waals surface area contributed by atoms with Crippen molar-refractivity contribution in [1.82, 2.24) is 35.2 Å². The van der Waals surface area contributed by atoms with E-state index in [9.17, 15) is 24.3 Å². The average Bonchev–Trinajstić information content (AvgIpc) is 4.12. The Morgan fingerprint density at radius 2 is 1.75 bits per heavy atom. The van der Waals surface area contributed by atoms with E-state index in [-0.39, 0.29) is 66.1 Å². The van der Waals surface area contributed by atoms with Gasteiger partial charge in [0.2, 0.25) is 23.4 Å². The molecule has 2 aromatic heterocycles. The monoisotopic (exact) mass is 996 g/mol. The Bertz CT molecular complexity index is 2960. The summed E-state index contributed by atoms with van der Waals surface area (Å²) < 4.78 is 8.21. The van der Waals surface area contributed by atoms with E-state index in [0.29, 0.717) is 47.1 Å². The number of β-amino-alcohol motifs (C(OH)–C–C–N with tert-alkyl or cyclic N) is 1. The molecule has 0 radical (unpaired) electrons. The summed E-state index contributed by atoms with van der Waals surface area (Å²) in [5, 5.41) is 21.5. The molecule has 0 spiro atoms. The van der Waals surface area contributed by atoms with Crippen LogP contribution in [0.25, 0.3) is 15.3 Å². The topological polar surface area (TPSA) is 163 Å². The van der Waals surface area contributed by atoms with Crippen LogP contribution in [0, 0.1) is 41.6 Å². The van der Waals surface area contributed by atoms with Gasteiger partial charge in [0.1, 0.15) is 23.9 Å². The standard InChI is InChI=1S/C55H61ClN8O6S/c1-32(36-16-18-37(19-17-36)46-33(2)58-31-71-46)60-48(67)44-25-39(65)30-63(44)50(69)47(53(3,4)5)61-45(66)12-11-23-62-28-35(27-59-62)14-13-34-15-21-41-38(24-34)29-64(49(41)68)51-54(6,7)52(55(51,8)9)70-40-20-22-43(57-10)42(56)26-40/h15-22,24,26-28,31-32,39,44,47,51-52,65H,11-12,23,25,29-30H2,1-9H3,(H,60,67)(H,61,66)/t32-,39+,44-,47+,51?,52?/m0/s1. The van der Waals surface area contributed by atoms with Crippen LogP contribution in [0.5, 0.6) is 5.75 Å². The minimum absolute atomic E-state index is 0.0129. The largest absolute Gasteiger partial charge is 0.489 e. The van der Waals surface area contributed by atoms with Crippen molar-refractivity contribution in [1.29, 1.82) is 0 Å². The van der Waals surface area contributed by atoms with E-state index in [0.717, 1.165) is 32.8 Å². The number of benzene rings is 3. The normalized spacial score (nSPS) is 20.7. The van der Waals surface area contributed by atoms with Gasteiger partial charge >= 0.3 is 0 Å². The average molecular weight is 998 g/mol. The maximum absolute atomic E-state index is 14.2. The van der Waals surface area contributed by atoms with Crippen molar-refractivity contribution < 1.29 is 29.0 Å². The van der Waals surface area contributed by atoms with Gasteiger partial charge < -0.3 is 30.3 Å². The summed E-state index contributed by atoms with van der Waals surface area (Å²) in [5.41, 5.74) is 6.69. The highest BCUT2D eigenvalue weighted by Gasteiger charge is 2.67. The number of halogens is 1. The van der Waals surface area contributed by atoms with Crippen molar-refractivity contribution in [3.05, 3.63) is 129 Å². The number of carbonyl (C=O) groups is 4. The Balaban J connectivity index is 0.830. The molecule has 71 heavy (non-hydrogen) atoms. The van der Waals surface area contributed by atoms with Crippen LogP contribution in [0.15, 0.2) is 78.6 Å². The molecular weight excluding hydrogens is 936 g/mol. The fraction of sp³-hybridized carbons (Fsp3) is 0.436. The number of thiazole rings is 1. The van der Waals surface area contributed by atoms with Gasteiger partial charge in [-0.25, -0.2) is 9.83 Å². The molecule has 370 valence electrons. The summed E-state index contributed by atoms with van der Waals surface area (Å²) in [6.45, 7) is 26.1. The summed E-state index contributed by atoms with van der Waals surface area (Å²) in [5.74, 6) is 5.89. The molecule has 0 unspecified atom stereocenters. The zero-order chi connectivity index (χ0) is 51.2. The van der Waals surface area contributed by atoms with E-state index >= 15 is 0 Å². The van der Waals surface area contributed by atoms with Crippen LogP contribution >= 0.6 is 22.9 Å². The quantitative estimate of drug-likeness (QED) is 0.0778. The molecule has 16 heteroatoms. The fourth-order valence-electron chi connectivity index (χ4n) is 11.0. The molecule has 1 aliphatic carbocycles. The summed E-state index contributed by atoms with van der Waals surface area (Å²) in [4.78, 5) is 67.4.